The summed E-state index contributed by atoms with van der Waals surface area (Å²) in [6.07, 6.45) is 0. The summed E-state index contributed by atoms with van der Waals surface area (Å²) in [7, 11) is 0. The molecule has 0 bridgehead atoms. The Labute approximate surface area is 125 Å². The van der Waals surface area contributed by atoms with E-state index >= 15 is 0 Å². The Hall–Kier alpha value is 0.750. The molecule has 0 aromatic carbocycles. The van der Waals surface area contributed by atoms with Crippen molar-refractivity contribution < 1.29 is 0 Å². The molecule has 0 radical (unpaired) electrons. The molecule has 1 atom stereocenters. The van der Waals surface area contributed by atoms with Gasteiger partial charge in [-0.15, -0.1) is 34.3 Å². The lowest BCUT2D eigenvalue weighted by molar-refractivity contribution is 1.20. The number of hydrogen-bond acceptors (Lipinski definition) is 2. The molecule has 0 saturated carbocycles. The van der Waals surface area contributed by atoms with Crippen LogP contribution in [-0.4, -0.2) is 0 Å². The lowest BCUT2D eigenvalue weighted by atomic mass is 10.2. The smallest absolute Gasteiger partial charge is 0.0994 e. The van der Waals surface area contributed by atoms with Crippen molar-refractivity contribution in [2.24, 2.45) is 0 Å². The Balaban J connectivity index is 2.38. The minimum Gasteiger partial charge on any atom is -0.131 e. The Bertz CT molecular complexity index is 499. The molecule has 0 aliphatic carbocycles. The third-order valence-electron chi connectivity index (χ3n) is 2.08. The zero-order valence-electron chi connectivity index (χ0n) is 8.06. The largest absolute Gasteiger partial charge is 0.131 e. The van der Waals surface area contributed by atoms with Crippen molar-refractivity contribution in [2.45, 2.75) is 12.3 Å². The molecule has 2 heterocycles. The van der Waals surface area contributed by atoms with Crippen LogP contribution < -0.4 is 0 Å². The van der Waals surface area contributed by atoms with E-state index in [1.165, 1.54) is 16.9 Å². The fraction of sp³-hybridized carbons (Fsp3) is 0.200. The average molecular weight is 377 g/mol. The predicted octanol–water partition coefficient (Wildman–Crippen LogP) is 6.52. The van der Waals surface area contributed by atoms with E-state index in [0.29, 0.717) is 8.67 Å². The minimum atomic E-state index is -0.230. The molecule has 1 unspecified atom stereocenters. The summed E-state index contributed by atoms with van der Waals surface area (Å²) >= 11 is 24.8. The van der Waals surface area contributed by atoms with Gasteiger partial charge in [-0.3, -0.25) is 0 Å². The highest BCUT2D eigenvalue weighted by atomic mass is 79.9. The van der Waals surface area contributed by atoms with Gasteiger partial charge in [0.25, 0.3) is 0 Å². The van der Waals surface area contributed by atoms with Crippen LogP contribution in [0.5, 0.6) is 0 Å². The number of thiophene rings is 2. The molecule has 0 fully saturated rings. The number of alkyl halides is 1. The molecule has 16 heavy (non-hydrogen) atoms. The molecule has 0 amide bonds. The van der Waals surface area contributed by atoms with Crippen molar-refractivity contribution in [3.05, 3.63) is 40.6 Å². The molecule has 2 aromatic rings. The second-order valence-corrected chi connectivity index (χ2v) is 8.37. The van der Waals surface area contributed by atoms with Crippen LogP contribution in [0.2, 0.25) is 8.67 Å². The van der Waals surface area contributed by atoms with Gasteiger partial charge in [0, 0.05) is 10.4 Å². The van der Waals surface area contributed by atoms with E-state index in [4.69, 9.17) is 34.8 Å². The maximum Gasteiger partial charge on any atom is 0.0994 e. The summed E-state index contributed by atoms with van der Waals surface area (Å²) in [5, 5.41) is -0.230. The quantitative estimate of drug-likeness (QED) is 0.524. The molecule has 6 heteroatoms. The van der Waals surface area contributed by atoms with Gasteiger partial charge in [-0.25, -0.2) is 0 Å². The van der Waals surface area contributed by atoms with Crippen LogP contribution in [0.25, 0.3) is 0 Å². The van der Waals surface area contributed by atoms with E-state index in [1.54, 1.807) is 11.3 Å². The minimum absolute atomic E-state index is 0.230. The number of hydrogen-bond donors (Lipinski definition) is 0. The van der Waals surface area contributed by atoms with Gasteiger partial charge in [-0.05, 0) is 40.5 Å². The standard InChI is InChI=1S/C10H6BrCl3S2/c1-4-2-6(15-9(4)11)8(13)5-3-7(12)16-10(5)14/h2-3,8H,1H3. The first-order chi connectivity index (χ1) is 7.49. The fourth-order valence-electron chi connectivity index (χ4n) is 1.29. The summed E-state index contributed by atoms with van der Waals surface area (Å²) in [4.78, 5) is 1.07. The molecular weight excluding hydrogens is 371 g/mol. The molecular formula is C10H6BrCl3S2. The second-order valence-electron chi connectivity index (χ2n) is 3.25. The predicted molar refractivity (Wildman–Crippen MR) is 78.8 cm³/mol. The van der Waals surface area contributed by atoms with Crippen molar-refractivity contribution in [1.29, 1.82) is 0 Å². The average Bonchev–Trinajstić information content (AvgIpc) is 2.70. The van der Waals surface area contributed by atoms with Crippen LogP contribution >= 0.6 is 73.4 Å². The lowest BCUT2D eigenvalue weighted by Gasteiger charge is -2.04. The Morgan fingerprint density at radius 3 is 2.38 bits per heavy atom. The SMILES string of the molecule is Cc1cc(C(Cl)c2cc(Cl)sc2Cl)sc1Br. The van der Waals surface area contributed by atoms with Gasteiger partial charge in [-0.2, -0.15) is 0 Å². The van der Waals surface area contributed by atoms with Crippen molar-refractivity contribution in [2.75, 3.05) is 0 Å². The van der Waals surface area contributed by atoms with E-state index in [0.717, 1.165) is 14.2 Å². The van der Waals surface area contributed by atoms with Crippen LogP contribution in [0.3, 0.4) is 0 Å². The van der Waals surface area contributed by atoms with Gasteiger partial charge in [0.15, 0.2) is 0 Å². The van der Waals surface area contributed by atoms with Gasteiger partial charge in [-0.1, -0.05) is 23.2 Å². The van der Waals surface area contributed by atoms with Crippen LogP contribution in [0.15, 0.2) is 15.9 Å². The number of aryl methyl sites for hydroxylation is 1. The van der Waals surface area contributed by atoms with Gasteiger partial charge >= 0.3 is 0 Å². The van der Waals surface area contributed by atoms with Crippen molar-refractivity contribution >= 4 is 73.4 Å². The number of halogens is 4. The summed E-state index contributed by atoms with van der Waals surface area (Å²) in [6.45, 7) is 2.04. The van der Waals surface area contributed by atoms with Crippen LogP contribution in [-0.2, 0) is 0 Å². The van der Waals surface area contributed by atoms with E-state index in [1.807, 2.05) is 13.0 Å². The molecule has 0 N–H and O–H groups in total. The van der Waals surface area contributed by atoms with Gasteiger partial charge in [0.1, 0.15) is 0 Å². The van der Waals surface area contributed by atoms with Crippen LogP contribution in [0.1, 0.15) is 21.4 Å². The summed E-state index contributed by atoms with van der Waals surface area (Å²) in [5.41, 5.74) is 2.06. The van der Waals surface area contributed by atoms with Crippen LogP contribution in [0, 0.1) is 6.92 Å². The van der Waals surface area contributed by atoms with E-state index in [2.05, 4.69) is 22.0 Å². The first kappa shape index (κ1) is 13.2. The molecule has 0 spiro atoms. The highest BCUT2D eigenvalue weighted by molar-refractivity contribution is 9.11. The van der Waals surface area contributed by atoms with E-state index in [-0.39, 0.29) is 5.38 Å². The monoisotopic (exact) mass is 374 g/mol. The zero-order valence-corrected chi connectivity index (χ0v) is 13.5. The maximum atomic E-state index is 6.39. The van der Waals surface area contributed by atoms with Crippen molar-refractivity contribution in [3.63, 3.8) is 0 Å². The normalized spacial score (nSPS) is 13.1. The summed E-state index contributed by atoms with van der Waals surface area (Å²) in [5.74, 6) is 0. The molecule has 2 rings (SSSR count). The Kier molecular flexibility index (Phi) is 4.26. The third-order valence-corrected chi connectivity index (χ3v) is 6.40. The molecule has 0 saturated heterocycles. The number of rotatable bonds is 2. The topological polar surface area (TPSA) is 0 Å². The van der Waals surface area contributed by atoms with E-state index < -0.39 is 0 Å². The molecule has 0 nitrogen and oxygen atoms in total. The lowest BCUT2D eigenvalue weighted by Crippen LogP contribution is -1.87. The van der Waals surface area contributed by atoms with Crippen molar-refractivity contribution in [3.8, 4) is 0 Å². The maximum absolute atomic E-state index is 6.39. The van der Waals surface area contributed by atoms with Crippen molar-refractivity contribution in [1.82, 2.24) is 0 Å². The van der Waals surface area contributed by atoms with Crippen LogP contribution in [0.4, 0.5) is 0 Å². The molecule has 86 valence electrons. The van der Waals surface area contributed by atoms with E-state index in [9.17, 15) is 0 Å². The molecule has 2 aromatic heterocycles. The fourth-order valence-corrected chi connectivity index (χ4v) is 4.88. The summed E-state index contributed by atoms with van der Waals surface area (Å²) < 4.78 is 2.43. The summed E-state index contributed by atoms with van der Waals surface area (Å²) in [6, 6.07) is 3.89. The first-order valence-corrected chi connectivity index (χ1v) is 7.95. The molecule has 0 aliphatic heterocycles. The second kappa shape index (κ2) is 5.17. The van der Waals surface area contributed by atoms with Gasteiger partial charge in [0.05, 0.1) is 17.8 Å². The van der Waals surface area contributed by atoms with Gasteiger partial charge < -0.3 is 0 Å². The first-order valence-electron chi connectivity index (χ1n) is 4.33. The Morgan fingerprint density at radius 1 is 1.25 bits per heavy atom. The highest BCUT2D eigenvalue weighted by Gasteiger charge is 2.19. The highest BCUT2D eigenvalue weighted by Crippen LogP contribution is 2.43. The zero-order chi connectivity index (χ0) is 11.9. The van der Waals surface area contributed by atoms with Gasteiger partial charge in [0.2, 0.25) is 0 Å². The Morgan fingerprint density at radius 2 is 1.94 bits per heavy atom. The molecule has 0 aliphatic rings. The third kappa shape index (κ3) is 2.60.